The SMILES string of the molecule is O=C(NCCc1cccnc1)c1cnc2ccccn2c1=O. The molecule has 1 amide bonds. The average Bonchev–Trinajstić information content (AvgIpc) is 2.56. The van der Waals surface area contributed by atoms with Gasteiger partial charge in [-0.2, -0.15) is 0 Å². The number of pyridine rings is 2. The zero-order chi connectivity index (χ0) is 15.4. The summed E-state index contributed by atoms with van der Waals surface area (Å²) in [5.41, 5.74) is 1.20. The molecule has 0 unspecified atom stereocenters. The highest BCUT2D eigenvalue weighted by Gasteiger charge is 2.12. The number of hydrogen-bond donors (Lipinski definition) is 1. The zero-order valence-corrected chi connectivity index (χ0v) is 11.8. The van der Waals surface area contributed by atoms with Crippen LogP contribution in [0.3, 0.4) is 0 Å². The number of carbonyl (C=O) groups excluding carboxylic acids is 1. The van der Waals surface area contributed by atoms with Crippen LogP contribution in [0.2, 0.25) is 0 Å². The molecule has 0 fully saturated rings. The molecule has 0 atom stereocenters. The lowest BCUT2D eigenvalue weighted by Crippen LogP contribution is -2.32. The van der Waals surface area contributed by atoms with E-state index in [0.29, 0.717) is 18.6 Å². The quantitative estimate of drug-likeness (QED) is 0.780. The first-order chi connectivity index (χ1) is 10.8. The van der Waals surface area contributed by atoms with Crippen molar-refractivity contribution >= 4 is 11.6 Å². The smallest absolute Gasteiger partial charge is 0.270 e. The van der Waals surface area contributed by atoms with E-state index >= 15 is 0 Å². The normalized spacial score (nSPS) is 10.5. The first-order valence-electron chi connectivity index (χ1n) is 6.89. The van der Waals surface area contributed by atoms with Crippen LogP contribution in [0.25, 0.3) is 5.65 Å². The number of nitrogens with one attached hydrogen (secondary N) is 1. The lowest BCUT2D eigenvalue weighted by Gasteiger charge is -2.06. The van der Waals surface area contributed by atoms with E-state index < -0.39 is 5.91 Å². The van der Waals surface area contributed by atoms with Gasteiger partial charge in [-0.25, -0.2) is 4.98 Å². The molecular weight excluding hydrogens is 280 g/mol. The Morgan fingerprint density at radius 1 is 1.18 bits per heavy atom. The van der Waals surface area contributed by atoms with Gasteiger partial charge in [0.25, 0.3) is 11.5 Å². The van der Waals surface area contributed by atoms with Crippen molar-refractivity contribution in [2.45, 2.75) is 6.42 Å². The number of aromatic nitrogens is 3. The molecule has 3 rings (SSSR count). The molecule has 0 aliphatic carbocycles. The molecule has 3 heterocycles. The molecule has 3 aromatic rings. The minimum atomic E-state index is -0.417. The van der Waals surface area contributed by atoms with Crippen molar-refractivity contribution in [2.24, 2.45) is 0 Å². The van der Waals surface area contributed by atoms with Gasteiger partial charge in [0.05, 0.1) is 0 Å². The van der Waals surface area contributed by atoms with Gasteiger partial charge in [-0.1, -0.05) is 12.1 Å². The van der Waals surface area contributed by atoms with Gasteiger partial charge >= 0.3 is 0 Å². The van der Waals surface area contributed by atoms with Crippen LogP contribution in [0, 0.1) is 0 Å². The number of nitrogens with zero attached hydrogens (tertiary/aromatic N) is 3. The van der Waals surface area contributed by atoms with E-state index in [1.165, 1.54) is 10.6 Å². The predicted molar refractivity (Wildman–Crippen MR) is 81.7 cm³/mol. The van der Waals surface area contributed by atoms with Gasteiger partial charge in [0, 0.05) is 31.3 Å². The summed E-state index contributed by atoms with van der Waals surface area (Å²) in [6.07, 6.45) is 7.01. The summed E-state index contributed by atoms with van der Waals surface area (Å²) in [4.78, 5) is 32.5. The monoisotopic (exact) mass is 294 g/mol. The Kier molecular flexibility index (Phi) is 3.91. The van der Waals surface area contributed by atoms with Crippen LogP contribution >= 0.6 is 0 Å². The van der Waals surface area contributed by atoms with Crippen LogP contribution in [0.4, 0.5) is 0 Å². The molecular formula is C16H14N4O2. The third-order valence-corrected chi connectivity index (χ3v) is 3.28. The third-order valence-electron chi connectivity index (χ3n) is 3.28. The van der Waals surface area contributed by atoms with Gasteiger partial charge < -0.3 is 5.32 Å². The number of hydrogen-bond acceptors (Lipinski definition) is 4. The van der Waals surface area contributed by atoms with Crippen LogP contribution in [0.5, 0.6) is 0 Å². The summed E-state index contributed by atoms with van der Waals surface area (Å²) < 4.78 is 1.36. The average molecular weight is 294 g/mol. The van der Waals surface area contributed by atoms with Crippen molar-refractivity contribution < 1.29 is 4.79 Å². The van der Waals surface area contributed by atoms with Crippen molar-refractivity contribution in [3.8, 4) is 0 Å². The molecule has 6 heteroatoms. The van der Waals surface area contributed by atoms with Crippen LogP contribution in [-0.4, -0.2) is 26.8 Å². The summed E-state index contributed by atoms with van der Waals surface area (Å²) >= 11 is 0. The third kappa shape index (κ3) is 2.85. The largest absolute Gasteiger partial charge is 0.351 e. The number of fused-ring (bicyclic) bond motifs is 1. The fourth-order valence-corrected chi connectivity index (χ4v) is 2.14. The Morgan fingerprint density at radius 3 is 2.91 bits per heavy atom. The Morgan fingerprint density at radius 2 is 2.09 bits per heavy atom. The van der Waals surface area contributed by atoms with Crippen molar-refractivity contribution in [2.75, 3.05) is 6.54 Å². The van der Waals surface area contributed by atoms with Crippen LogP contribution in [0.1, 0.15) is 15.9 Å². The maximum Gasteiger partial charge on any atom is 0.270 e. The standard InChI is InChI=1S/C16H14N4O2/c21-15(18-8-6-12-4-3-7-17-10-12)13-11-19-14-5-1-2-9-20(14)16(13)22/h1-5,7,9-11H,6,8H2,(H,18,21). The summed E-state index contributed by atoms with van der Waals surface area (Å²) in [5.74, 6) is -0.417. The molecule has 0 saturated heterocycles. The molecule has 0 radical (unpaired) electrons. The molecule has 0 aromatic carbocycles. The summed E-state index contributed by atoms with van der Waals surface area (Å²) in [6.45, 7) is 0.432. The second-order valence-corrected chi connectivity index (χ2v) is 4.77. The fraction of sp³-hybridized carbons (Fsp3) is 0.125. The van der Waals surface area contributed by atoms with Gasteiger partial charge in [0.15, 0.2) is 0 Å². The Labute approximate surface area is 126 Å². The van der Waals surface area contributed by atoms with E-state index in [2.05, 4.69) is 15.3 Å². The van der Waals surface area contributed by atoms with Gasteiger partial charge in [0.2, 0.25) is 0 Å². The second kappa shape index (κ2) is 6.17. The van der Waals surface area contributed by atoms with Crippen LogP contribution in [0.15, 0.2) is 59.9 Å². The molecule has 22 heavy (non-hydrogen) atoms. The Hall–Kier alpha value is -3.02. The van der Waals surface area contributed by atoms with Crippen molar-refractivity contribution in [1.29, 1.82) is 0 Å². The highest BCUT2D eigenvalue weighted by Crippen LogP contribution is 1.99. The zero-order valence-electron chi connectivity index (χ0n) is 11.8. The van der Waals surface area contributed by atoms with Crippen LogP contribution in [-0.2, 0) is 6.42 Å². The molecule has 110 valence electrons. The summed E-state index contributed by atoms with van der Waals surface area (Å²) in [6, 6.07) is 9.00. The van der Waals surface area contributed by atoms with E-state index in [1.54, 1.807) is 36.8 Å². The first kappa shape index (κ1) is 13.9. The lowest BCUT2D eigenvalue weighted by molar-refractivity contribution is 0.0952. The predicted octanol–water partition coefficient (Wildman–Crippen LogP) is 1.06. The van der Waals surface area contributed by atoms with Gasteiger partial charge in [-0.05, 0) is 30.2 Å². The number of rotatable bonds is 4. The van der Waals surface area contributed by atoms with E-state index in [1.807, 2.05) is 12.1 Å². The number of carbonyl (C=O) groups is 1. The molecule has 0 saturated carbocycles. The van der Waals surface area contributed by atoms with E-state index in [-0.39, 0.29) is 11.1 Å². The van der Waals surface area contributed by atoms with E-state index in [0.717, 1.165) is 5.56 Å². The van der Waals surface area contributed by atoms with Crippen molar-refractivity contribution in [3.63, 3.8) is 0 Å². The van der Waals surface area contributed by atoms with E-state index in [9.17, 15) is 9.59 Å². The summed E-state index contributed by atoms with van der Waals surface area (Å²) in [7, 11) is 0. The lowest BCUT2D eigenvalue weighted by atomic mass is 10.2. The molecule has 6 nitrogen and oxygen atoms in total. The maximum absolute atomic E-state index is 12.3. The molecule has 1 N–H and O–H groups in total. The molecule has 0 bridgehead atoms. The molecule has 0 aliphatic heterocycles. The van der Waals surface area contributed by atoms with E-state index in [4.69, 9.17) is 0 Å². The van der Waals surface area contributed by atoms with Gasteiger partial charge in [-0.15, -0.1) is 0 Å². The second-order valence-electron chi connectivity index (χ2n) is 4.77. The molecule has 3 aromatic heterocycles. The topological polar surface area (TPSA) is 76.4 Å². The maximum atomic E-state index is 12.3. The highest BCUT2D eigenvalue weighted by atomic mass is 16.2. The first-order valence-corrected chi connectivity index (χ1v) is 6.89. The Bertz CT molecular complexity index is 859. The van der Waals surface area contributed by atoms with Gasteiger partial charge in [-0.3, -0.25) is 19.0 Å². The highest BCUT2D eigenvalue weighted by molar-refractivity contribution is 5.93. The molecule has 0 aliphatic rings. The number of amides is 1. The van der Waals surface area contributed by atoms with Crippen molar-refractivity contribution in [3.05, 3.63) is 76.6 Å². The summed E-state index contributed by atoms with van der Waals surface area (Å²) in [5, 5.41) is 2.73. The minimum absolute atomic E-state index is 0.0369. The minimum Gasteiger partial charge on any atom is -0.351 e. The fourth-order valence-electron chi connectivity index (χ4n) is 2.14. The molecule has 0 spiro atoms. The van der Waals surface area contributed by atoms with Gasteiger partial charge in [0.1, 0.15) is 11.2 Å². The van der Waals surface area contributed by atoms with Crippen molar-refractivity contribution in [1.82, 2.24) is 19.7 Å². The Balaban J connectivity index is 1.73. The van der Waals surface area contributed by atoms with Crippen LogP contribution < -0.4 is 10.9 Å².